The number of hydrogen-bond donors (Lipinski definition) is 2. The van der Waals surface area contributed by atoms with Crippen LogP contribution in [-0.2, 0) is 0 Å². The first-order valence-corrected chi connectivity index (χ1v) is 9.66. The Labute approximate surface area is 155 Å². The second-order valence-corrected chi connectivity index (χ2v) is 7.06. The summed E-state index contributed by atoms with van der Waals surface area (Å²) in [6, 6.07) is 8.53. The molecule has 2 aromatic rings. The van der Waals surface area contributed by atoms with Crippen molar-refractivity contribution in [3.63, 3.8) is 0 Å². The first kappa shape index (κ1) is 18.4. The van der Waals surface area contributed by atoms with Crippen LogP contribution in [0.25, 0.3) is 11.3 Å². The van der Waals surface area contributed by atoms with Gasteiger partial charge in [0.25, 0.3) is 5.91 Å². The van der Waals surface area contributed by atoms with Gasteiger partial charge < -0.3 is 10.6 Å². The van der Waals surface area contributed by atoms with Crippen molar-refractivity contribution >= 4 is 11.9 Å². The van der Waals surface area contributed by atoms with Crippen molar-refractivity contribution in [2.45, 2.75) is 58.4 Å². The number of nitrogens with zero attached hydrogens (tertiary/aromatic N) is 2. The Morgan fingerprint density at radius 3 is 2.81 bits per heavy atom. The lowest BCUT2D eigenvalue weighted by Gasteiger charge is -2.15. The van der Waals surface area contributed by atoms with Crippen LogP contribution >= 0.6 is 0 Å². The van der Waals surface area contributed by atoms with Gasteiger partial charge in [0.15, 0.2) is 0 Å². The van der Waals surface area contributed by atoms with E-state index in [1.165, 1.54) is 12.8 Å². The van der Waals surface area contributed by atoms with Gasteiger partial charge in [-0.25, -0.2) is 9.97 Å². The summed E-state index contributed by atoms with van der Waals surface area (Å²) in [7, 11) is 0. The van der Waals surface area contributed by atoms with E-state index in [-0.39, 0.29) is 5.91 Å². The number of hydrogen-bond acceptors (Lipinski definition) is 4. The van der Waals surface area contributed by atoms with Crippen LogP contribution in [0.15, 0.2) is 30.5 Å². The van der Waals surface area contributed by atoms with Gasteiger partial charge in [-0.2, -0.15) is 0 Å². The zero-order chi connectivity index (χ0) is 18.4. The largest absolute Gasteiger partial charge is 0.352 e. The Morgan fingerprint density at radius 2 is 2.08 bits per heavy atom. The number of anilines is 1. The average Bonchev–Trinajstić information content (AvgIpc) is 3.15. The molecule has 26 heavy (non-hydrogen) atoms. The Hall–Kier alpha value is -2.43. The number of aryl methyl sites for hydroxylation is 1. The Balaban J connectivity index is 1.90. The lowest BCUT2D eigenvalue weighted by atomic mass is 10.0. The second-order valence-electron chi connectivity index (χ2n) is 7.06. The molecule has 0 radical (unpaired) electrons. The highest BCUT2D eigenvalue weighted by Gasteiger charge is 2.19. The first-order chi connectivity index (χ1) is 12.7. The number of nitrogens with one attached hydrogen (secondary N) is 2. The maximum atomic E-state index is 12.6. The average molecular weight is 352 g/mol. The third kappa shape index (κ3) is 4.59. The van der Waals surface area contributed by atoms with Crippen LogP contribution < -0.4 is 10.6 Å². The standard InChI is InChI=1S/C21H28N4O/c1-3-4-12-22-20(26)18-14-23-21(24-17-10-5-6-11-17)25-19(18)16-9-7-8-15(2)13-16/h7-9,13-14,17H,3-6,10-12H2,1-2H3,(H,22,26)(H,23,24,25). The molecule has 1 aromatic carbocycles. The van der Waals surface area contributed by atoms with E-state index >= 15 is 0 Å². The Morgan fingerprint density at radius 1 is 1.27 bits per heavy atom. The molecule has 1 heterocycles. The van der Waals surface area contributed by atoms with Gasteiger partial charge in [-0.15, -0.1) is 0 Å². The summed E-state index contributed by atoms with van der Waals surface area (Å²) in [5, 5.41) is 6.41. The second kappa shape index (κ2) is 8.79. The Kier molecular flexibility index (Phi) is 6.21. The van der Waals surface area contributed by atoms with E-state index in [9.17, 15) is 4.79 Å². The Bertz CT molecular complexity index is 753. The fraction of sp³-hybridized carbons (Fsp3) is 0.476. The zero-order valence-electron chi connectivity index (χ0n) is 15.7. The topological polar surface area (TPSA) is 66.9 Å². The lowest BCUT2D eigenvalue weighted by molar-refractivity contribution is 0.0953. The minimum absolute atomic E-state index is 0.109. The van der Waals surface area contributed by atoms with E-state index in [0.717, 1.165) is 36.8 Å². The maximum Gasteiger partial charge on any atom is 0.255 e. The smallest absolute Gasteiger partial charge is 0.255 e. The van der Waals surface area contributed by atoms with Crippen LogP contribution in [0.5, 0.6) is 0 Å². The van der Waals surface area contributed by atoms with Gasteiger partial charge in [0.1, 0.15) is 0 Å². The van der Waals surface area contributed by atoms with Crippen molar-refractivity contribution in [2.24, 2.45) is 0 Å². The fourth-order valence-corrected chi connectivity index (χ4v) is 3.36. The summed E-state index contributed by atoms with van der Waals surface area (Å²) in [5.41, 5.74) is 3.31. The minimum Gasteiger partial charge on any atom is -0.352 e. The highest BCUT2D eigenvalue weighted by Crippen LogP contribution is 2.25. The number of carbonyl (C=O) groups is 1. The van der Waals surface area contributed by atoms with E-state index in [1.807, 2.05) is 25.1 Å². The molecule has 5 heteroatoms. The summed E-state index contributed by atoms with van der Waals surface area (Å²) >= 11 is 0. The van der Waals surface area contributed by atoms with Crippen LogP contribution in [0.4, 0.5) is 5.95 Å². The predicted molar refractivity (Wildman–Crippen MR) is 105 cm³/mol. The molecule has 0 bridgehead atoms. The van der Waals surface area contributed by atoms with Gasteiger partial charge in [-0.3, -0.25) is 4.79 Å². The van der Waals surface area contributed by atoms with Crippen LogP contribution in [0.3, 0.4) is 0 Å². The number of carbonyl (C=O) groups excluding carboxylic acids is 1. The fourth-order valence-electron chi connectivity index (χ4n) is 3.36. The number of rotatable bonds is 7. The van der Waals surface area contributed by atoms with E-state index in [0.29, 0.717) is 29.8 Å². The van der Waals surface area contributed by atoms with E-state index in [1.54, 1.807) is 6.20 Å². The van der Waals surface area contributed by atoms with Crippen LogP contribution in [0.2, 0.25) is 0 Å². The summed E-state index contributed by atoms with van der Waals surface area (Å²) in [4.78, 5) is 21.8. The molecule has 1 amide bonds. The van der Waals surface area contributed by atoms with Crippen LogP contribution in [0, 0.1) is 6.92 Å². The molecule has 1 aromatic heterocycles. The zero-order valence-corrected chi connectivity index (χ0v) is 15.7. The third-order valence-electron chi connectivity index (χ3n) is 4.83. The molecular weight excluding hydrogens is 324 g/mol. The van der Waals surface area contributed by atoms with Crippen molar-refractivity contribution in [3.05, 3.63) is 41.6 Å². The lowest BCUT2D eigenvalue weighted by Crippen LogP contribution is -2.26. The van der Waals surface area contributed by atoms with Gasteiger partial charge in [-0.05, 0) is 32.3 Å². The summed E-state index contributed by atoms with van der Waals surface area (Å²) in [6.45, 7) is 4.82. The number of amides is 1. The van der Waals surface area contributed by atoms with Crippen LogP contribution in [0.1, 0.15) is 61.4 Å². The highest BCUT2D eigenvalue weighted by atomic mass is 16.1. The van der Waals surface area contributed by atoms with Crippen molar-refractivity contribution in [1.82, 2.24) is 15.3 Å². The molecule has 0 spiro atoms. The van der Waals surface area contributed by atoms with Crippen molar-refractivity contribution in [2.75, 3.05) is 11.9 Å². The van der Waals surface area contributed by atoms with Crippen molar-refractivity contribution < 1.29 is 4.79 Å². The normalized spacial score (nSPS) is 14.4. The van der Waals surface area contributed by atoms with Gasteiger partial charge in [0.05, 0.1) is 11.3 Å². The first-order valence-electron chi connectivity index (χ1n) is 9.66. The van der Waals surface area contributed by atoms with E-state index in [4.69, 9.17) is 4.98 Å². The van der Waals surface area contributed by atoms with Crippen LogP contribution in [-0.4, -0.2) is 28.5 Å². The quantitative estimate of drug-likeness (QED) is 0.728. The monoisotopic (exact) mass is 352 g/mol. The maximum absolute atomic E-state index is 12.6. The highest BCUT2D eigenvalue weighted by molar-refractivity contribution is 5.99. The van der Waals surface area contributed by atoms with Crippen molar-refractivity contribution in [1.29, 1.82) is 0 Å². The van der Waals surface area contributed by atoms with Gasteiger partial charge in [0, 0.05) is 24.3 Å². The van der Waals surface area contributed by atoms with Gasteiger partial charge in [-0.1, -0.05) is 49.9 Å². The summed E-state index contributed by atoms with van der Waals surface area (Å²) in [5.74, 6) is 0.501. The molecule has 1 fully saturated rings. The molecule has 3 rings (SSSR count). The summed E-state index contributed by atoms with van der Waals surface area (Å²) < 4.78 is 0. The molecule has 0 atom stereocenters. The third-order valence-corrected chi connectivity index (χ3v) is 4.83. The molecule has 1 saturated carbocycles. The minimum atomic E-state index is -0.109. The number of unbranched alkanes of at least 4 members (excludes halogenated alkanes) is 1. The molecule has 138 valence electrons. The molecule has 2 N–H and O–H groups in total. The van der Waals surface area contributed by atoms with Gasteiger partial charge >= 0.3 is 0 Å². The molecule has 1 aliphatic carbocycles. The molecule has 1 aliphatic rings. The van der Waals surface area contributed by atoms with Gasteiger partial charge in [0.2, 0.25) is 5.95 Å². The molecule has 5 nitrogen and oxygen atoms in total. The van der Waals surface area contributed by atoms with E-state index < -0.39 is 0 Å². The molecular formula is C21H28N4O. The summed E-state index contributed by atoms with van der Waals surface area (Å²) in [6.07, 6.45) is 8.48. The number of aromatic nitrogens is 2. The molecule has 0 unspecified atom stereocenters. The number of benzene rings is 1. The van der Waals surface area contributed by atoms with Crippen molar-refractivity contribution in [3.8, 4) is 11.3 Å². The molecule has 0 saturated heterocycles. The van der Waals surface area contributed by atoms with E-state index in [2.05, 4.69) is 28.6 Å². The molecule has 0 aliphatic heterocycles. The SMILES string of the molecule is CCCCNC(=O)c1cnc(NC2CCCC2)nc1-c1cccc(C)c1. The predicted octanol–water partition coefficient (Wildman–Crippen LogP) is 4.34.